The predicted octanol–water partition coefficient (Wildman–Crippen LogP) is 3.95. The number of hydrogen-bond acceptors (Lipinski definition) is 2. The Morgan fingerprint density at radius 1 is 1.15 bits per heavy atom. The zero-order valence-corrected chi connectivity index (χ0v) is 14.3. The number of benzene rings is 1. The van der Waals surface area contributed by atoms with Crippen LogP contribution in [0.1, 0.15) is 43.7 Å². The maximum Gasteiger partial charge on any atom is 0.416 e. The summed E-state index contributed by atoms with van der Waals surface area (Å²) in [4.78, 5) is 14.0. The largest absolute Gasteiger partial charge is 0.416 e. The molecule has 1 aliphatic carbocycles. The van der Waals surface area contributed by atoms with Crippen LogP contribution in [0.2, 0.25) is 0 Å². The molecule has 1 N–H and O–H groups in total. The number of alkyl halides is 3. The first-order valence-corrected chi connectivity index (χ1v) is 9.02. The number of nitrogens with zero attached hydrogens (tertiary/aromatic N) is 3. The van der Waals surface area contributed by atoms with Gasteiger partial charge in [-0.1, -0.05) is 0 Å². The minimum atomic E-state index is -4.35. The number of nitrogens with one attached hydrogen (secondary N) is 1. The van der Waals surface area contributed by atoms with Gasteiger partial charge in [0.25, 0.3) is 0 Å². The maximum absolute atomic E-state index is 12.8. The third-order valence-corrected chi connectivity index (χ3v) is 5.45. The van der Waals surface area contributed by atoms with Crippen LogP contribution in [-0.2, 0) is 6.18 Å². The first kappa shape index (κ1) is 17.2. The van der Waals surface area contributed by atoms with E-state index in [4.69, 9.17) is 0 Å². The molecule has 0 spiro atoms. The molecule has 140 valence electrons. The third kappa shape index (κ3) is 3.24. The Bertz CT molecular complexity index is 804. The van der Waals surface area contributed by atoms with Crippen LogP contribution >= 0.6 is 0 Å². The molecule has 0 unspecified atom stereocenters. The molecule has 8 heteroatoms. The van der Waals surface area contributed by atoms with Gasteiger partial charge in [0.2, 0.25) is 0 Å². The summed E-state index contributed by atoms with van der Waals surface area (Å²) in [7, 11) is 0. The summed E-state index contributed by atoms with van der Waals surface area (Å²) in [6.07, 6.45) is 1.92. The number of carbonyl (C=O) groups is 1. The van der Waals surface area contributed by atoms with Crippen LogP contribution < -0.4 is 5.32 Å². The predicted molar refractivity (Wildman–Crippen MR) is 90.7 cm³/mol. The molecule has 0 atom stereocenters. The van der Waals surface area contributed by atoms with Crippen molar-refractivity contribution in [3.8, 4) is 0 Å². The quantitative estimate of drug-likeness (QED) is 0.875. The summed E-state index contributed by atoms with van der Waals surface area (Å²) in [6, 6.07) is 4.13. The van der Waals surface area contributed by atoms with Crippen molar-refractivity contribution >= 4 is 16.9 Å². The average molecular weight is 366 g/mol. The van der Waals surface area contributed by atoms with Crippen LogP contribution in [0.4, 0.5) is 18.0 Å². The Morgan fingerprint density at radius 2 is 1.88 bits per heavy atom. The molecular weight excluding hydrogens is 345 g/mol. The number of piperidine rings is 1. The average Bonchev–Trinajstić information content (AvgIpc) is 3.00. The minimum absolute atomic E-state index is 0.00621. The van der Waals surface area contributed by atoms with Gasteiger partial charge in [-0.15, -0.1) is 0 Å². The molecule has 0 bridgehead atoms. The van der Waals surface area contributed by atoms with E-state index in [1.165, 1.54) is 18.7 Å². The van der Waals surface area contributed by atoms with E-state index in [1.54, 1.807) is 4.68 Å². The van der Waals surface area contributed by atoms with E-state index in [0.717, 1.165) is 37.8 Å². The van der Waals surface area contributed by atoms with Crippen molar-refractivity contribution in [2.75, 3.05) is 13.1 Å². The zero-order valence-electron chi connectivity index (χ0n) is 14.3. The first-order chi connectivity index (χ1) is 12.4. The fourth-order valence-corrected chi connectivity index (χ4v) is 3.65. The van der Waals surface area contributed by atoms with Crippen molar-refractivity contribution < 1.29 is 18.0 Å². The molecule has 26 heavy (non-hydrogen) atoms. The van der Waals surface area contributed by atoms with Crippen LogP contribution in [0.3, 0.4) is 0 Å². The maximum atomic E-state index is 12.8. The highest BCUT2D eigenvalue weighted by Gasteiger charge is 2.31. The lowest BCUT2D eigenvalue weighted by Gasteiger charge is -2.35. The van der Waals surface area contributed by atoms with Crippen molar-refractivity contribution in [3.05, 3.63) is 30.0 Å². The van der Waals surface area contributed by atoms with Gasteiger partial charge in [-0.3, -0.25) is 4.68 Å². The lowest BCUT2D eigenvalue weighted by Crippen LogP contribution is -2.49. The summed E-state index contributed by atoms with van der Waals surface area (Å²) >= 11 is 0. The molecule has 1 saturated carbocycles. The third-order valence-electron chi connectivity index (χ3n) is 5.45. The Morgan fingerprint density at radius 3 is 2.50 bits per heavy atom. The van der Waals surface area contributed by atoms with Gasteiger partial charge < -0.3 is 10.2 Å². The standard InChI is InChI=1S/C18H21F3N4O/c19-18(20,21)13-4-5-16-12(10-13)11-22-25(16)15-6-8-24(9-7-15)17(26)23-14-2-1-3-14/h4-5,10-11,14-15H,1-3,6-9H2,(H,23,26). The van der Waals surface area contributed by atoms with Gasteiger partial charge >= 0.3 is 12.2 Å². The molecule has 2 aromatic rings. The SMILES string of the molecule is O=C(NC1CCC1)N1CCC(n2ncc3cc(C(F)(F)F)ccc32)CC1. The number of amides is 2. The first-order valence-electron chi connectivity index (χ1n) is 9.02. The Kier molecular flexibility index (Phi) is 4.28. The smallest absolute Gasteiger partial charge is 0.335 e. The van der Waals surface area contributed by atoms with Gasteiger partial charge in [0.15, 0.2) is 0 Å². The normalized spacial score (nSPS) is 19.6. The fraction of sp³-hybridized carbons (Fsp3) is 0.556. The van der Waals surface area contributed by atoms with Crippen molar-refractivity contribution in [2.45, 2.75) is 50.4 Å². The monoisotopic (exact) mass is 366 g/mol. The van der Waals surface area contributed by atoms with Gasteiger partial charge in [-0.2, -0.15) is 18.3 Å². The number of likely N-dealkylation sites (tertiary alicyclic amines) is 1. The molecule has 5 nitrogen and oxygen atoms in total. The van der Waals surface area contributed by atoms with Crippen LogP contribution in [0.5, 0.6) is 0 Å². The van der Waals surface area contributed by atoms with Gasteiger partial charge in [0.05, 0.1) is 23.3 Å². The number of hydrogen-bond donors (Lipinski definition) is 1. The molecule has 4 rings (SSSR count). The topological polar surface area (TPSA) is 50.2 Å². The summed E-state index contributed by atoms with van der Waals surface area (Å²) in [5, 5.41) is 7.85. The molecule has 1 aromatic carbocycles. The summed E-state index contributed by atoms with van der Waals surface area (Å²) in [5.74, 6) is 0. The summed E-state index contributed by atoms with van der Waals surface area (Å²) in [5.41, 5.74) is 0.0439. The van der Waals surface area contributed by atoms with E-state index in [2.05, 4.69) is 10.4 Å². The second-order valence-electron chi connectivity index (χ2n) is 7.16. The number of aromatic nitrogens is 2. The number of urea groups is 1. The minimum Gasteiger partial charge on any atom is -0.335 e. The van der Waals surface area contributed by atoms with E-state index in [1.807, 2.05) is 4.90 Å². The van der Waals surface area contributed by atoms with Crippen molar-refractivity contribution in [1.82, 2.24) is 20.0 Å². The van der Waals surface area contributed by atoms with E-state index < -0.39 is 11.7 Å². The van der Waals surface area contributed by atoms with Crippen LogP contribution in [0, 0.1) is 0 Å². The highest BCUT2D eigenvalue weighted by Crippen LogP contribution is 2.33. The molecule has 2 aliphatic rings. The molecule has 2 amide bonds. The van der Waals surface area contributed by atoms with Gasteiger partial charge in [-0.25, -0.2) is 4.79 Å². The van der Waals surface area contributed by atoms with Gasteiger partial charge in [-0.05, 0) is 50.3 Å². The Hall–Kier alpha value is -2.25. The van der Waals surface area contributed by atoms with E-state index >= 15 is 0 Å². The van der Waals surface area contributed by atoms with Gasteiger partial charge in [0.1, 0.15) is 0 Å². The highest BCUT2D eigenvalue weighted by atomic mass is 19.4. The van der Waals surface area contributed by atoms with Crippen LogP contribution in [0.15, 0.2) is 24.4 Å². The van der Waals surface area contributed by atoms with Crippen molar-refractivity contribution in [1.29, 1.82) is 0 Å². The molecule has 1 aromatic heterocycles. The lowest BCUT2D eigenvalue weighted by molar-refractivity contribution is -0.137. The molecule has 0 radical (unpaired) electrons. The van der Waals surface area contributed by atoms with E-state index in [0.29, 0.717) is 30.0 Å². The van der Waals surface area contributed by atoms with E-state index in [-0.39, 0.29) is 12.1 Å². The van der Waals surface area contributed by atoms with Crippen molar-refractivity contribution in [2.24, 2.45) is 0 Å². The van der Waals surface area contributed by atoms with Crippen LogP contribution in [0.25, 0.3) is 10.9 Å². The Balaban J connectivity index is 1.43. The van der Waals surface area contributed by atoms with Crippen molar-refractivity contribution in [3.63, 3.8) is 0 Å². The summed E-state index contributed by atoms with van der Waals surface area (Å²) < 4.78 is 40.3. The fourth-order valence-electron chi connectivity index (χ4n) is 3.65. The number of halogens is 3. The molecule has 1 saturated heterocycles. The summed E-state index contributed by atoms with van der Waals surface area (Å²) in [6.45, 7) is 1.26. The highest BCUT2D eigenvalue weighted by molar-refractivity contribution is 5.79. The number of fused-ring (bicyclic) bond motifs is 1. The van der Waals surface area contributed by atoms with Gasteiger partial charge in [0, 0.05) is 24.5 Å². The second-order valence-corrected chi connectivity index (χ2v) is 7.16. The molecular formula is C18H21F3N4O. The molecule has 2 fully saturated rings. The Labute approximate surface area is 149 Å². The molecule has 2 heterocycles. The van der Waals surface area contributed by atoms with Crippen LogP contribution in [-0.4, -0.2) is 39.8 Å². The molecule has 1 aliphatic heterocycles. The van der Waals surface area contributed by atoms with E-state index in [9.17, 15) is 18.0 Å². The lowest BCUT2D eigenvalue weighted by atomic mass is 9.93. The number of carbonyl (C=O) groups excluding carboxylic acids is 1. The second kappa shape index (κ2) is 6.48. The zero-order chi connectivity index (χ0) is 18.3. The number of rotatable bonds is 2.